The minimum Gasteiger partial charge on any atom is -0.481 e. The van der Waals surface area contributed by atoms with Crippen molar-refractivity contribution in [2.45, 2.75) is 45.6 Å². The van der Waals surface area contributed by atoms with Crippen molar-refractivity contribution in [1.29, 1.82) is 0 Å². The van der Waals surface area contributed by atoms with Gasteiger partial charge in [-0.25, -0.2) is 4.79 Å². The number of amides is 2. The number of hydrogen-bond donors (Lipinski definition) is 2. The van der Waals surface area contributed by atoms with Crippen LogP contribution in [-0.2, 0) is 4.79 Å². The van der Waals surface area contributed by atoms with Crippen LogP contribution < -0.4 is 0 Å². The largest absolute Gasteiger partial charge is 0.481 e. The molecule has 2 amide bonds. The molecule has 6 nitrogen and oxygen atoms in total. The summed E-state index contributed by atoms with van der Waals surface area (Å²) in [5, 5.41) is 18.9. The highest BCUT2D eigenvalue weighted by Gasteiger charge is 2.43. The molecule has 2 unspecified atom stereocenters. The van der Waals surface area contributed by atoms with Crippen molar-refractivity contribution < 1.29 is 19.8 Å². The maximum Gasteiger partial charge on any atom is 0.319 e. The number of likely N-dealkylation sites (N-methyl/N-ethyl adjacent to an activating group) is 1. The Hall–Kier alpha value is -1.30. The van der Waals surface area contributed by atoms with Crippen LogP contribution in [0.2, 0.25) is 0 Å². The fraction of sp³-hybridized carbons (Fsp3) is 0.857. The number of carboxylic acid groups (broad SMARTS) is 1. The molecule has 0 aromatic heterocycles. The lowest BCUT2D eigenvalue weighted by molar-refractivity contribution is -0.152. The molecule has 0 bridgehead atoms. The Kier molecular flexibility index (Phi) is 5.80. The van der Waals surface area contributed by atoms with E-state index in [9.17, 15) is 19.8 Å². The van der Waals surface area contributed by atoms with Crippen molar-refractivity contribution in [2.24, 2.45) is 5.41 Å². The van der Waals surface area contributed by atoms with Gasteiger partial charge in [0.25, 0.3) is 0 Å². The average Bonchev–Trinajstić information content (AvgIpc) is 2.37. The molecule has 1 heterocycles. The van der Waals surface area contributed by atoms with Crippen LogP contribution in [-0.4, -0.2) is 64.8 Å². The van der Waals surface area contributed by atoms with E-state index in [1.807, 2.05) is 6.92 Å². The smallest absolute Gasteiger partial charge is 0.319 e. The number of aliphatic carboxylic acids is 1. The van der Waals surface area contributed by atoms with Crippen LogP contribution in [0.1, 0.15) is 39.5 Å². The van der Waals surface area contributed by atoms with Crippen LogP contribution in [0.3, 0.4) is 0 Å². The second kappa shape index (κ2) is 6.92. The Labute approximate surface area is 120 Å². The number of rotatable bonds is 5. The molecule has 1 rings (SSSR count). The first kappa shape index (κ1) is 16.8. The summed E-state index contributed by atoms with van der Waals surface area (Å²) in [6.07, 6.45) is 2.12. The molecule has 2 N–H and O–H groups in total. The van der Waals surface area contributed by atoms with E-state index in [2.05, 4.69) is 0 Å². The van der Waals surface area contributed by atoms with E-state index in [0.29, 0.717) is 25.8 Å². The summed E-state index contributed by atoms with van der Waals surface area (Å²) in [5.41, 5.74) is -0.811. The normalized spacial score (nSPS) is 24.3. The van der Waals surface area contributed by atoms with Crippen LogP contribution in [0, 0.1) is 5.41 Å². The van der Waals surface area contributed by atoms with Crippen LogP contribution in [0.15, 0.2) is 0 Å². The van der Waals surface area contributed by atoms with E-state index >= 15 is 0 Å². The molecule has 6 heteroatoms. The maximum atomic E-state index is 12.3. The molecule has 116 valence electrons. The number of aliphatic hydroxyl groups excluding tert-OH is 1. The van der Waals surface area contributed by atoms with Gasteiger partial charge in [-0.15, -0.1) is 0 Å². The summed E-state index contributed by atoms with van der Waals surface area (Å²) < 4.78 is 0. The van der Waals surface area contributed by atoms with Crippen LogP contribution >= 0.6 is 0 Å². The molecule has 0 aromatic rings. The van der Waals surface area contributed by atoms with E-state index in [-0.39, 0.29) is 19.1 Å². The second-order valence-electron chi connectivity index (χ2n) is 5.87. The number of carboxylic acids is 1. The standard InChI is InChI=1S/C14H26N2O4/c1-4-6-14(12(18)19)7-5-8-16(10-14)13(20)15(3)9-11(2)17/h11,17H,4-10H2,1-3H3,(H,18,19). The molecule has 20 heavy (non-hydrogen) atoms. The van der Waals surface area contributed by atoms with Gasteiger partial charge in [0.05, 0.1) is 11.5 Å². The molecule has 1 fully saturated rings. The van der Waals surface area contributed by atoms with Gasteiger partial charge in [0.15, 0.2) is 0 Å². The lowest BCUT2D eigenvalue weighted by atomic mass is 9.76. The fourth-order valence-corrected chi connectivity index (χ4v) is 2.97. The fourth-order valence-electron chi connectivity index (χ4n) is 2.97. The van der Waals surface area contributed by atoms with Crippen LogP contribution in [0.4, 0.5) is 4.79 Å². The number of urea groups is 1. The van der Waals surface area contributed by atoms with Gasteiger partial charge in [-0.1, -0.05) is 13.3 Å². The van der Waals surface area contributed by atoms with E-state index in [1.54, 1.807) is 18.9 Å². The summed E-state index contributed by atoms with van der Waals surface area (Å²) >= 11 is 0. The highest BCUT2D eigenvalue weighted by atomic mass is 16.4. The van der Waals surface area contributed by atoms with Crippen molar-refractivity contribution in [3.8, 4) is 0 Å². The molecular weight excluding hydrogens is 260 g/mol. The van der Waals surface area contributed by atoms with Crippen molar-refractivity contribution in [3.63, 3.8) is 0 Å². The second-order valence-corrected chi connectivity index (χ2v) is 5.87. The number of carbonyl (C=O) groups is 2. The van der Waals surface area contributed by atoms with Gasteiger partial charge in [-0.2, -0.15) is 0 Å². The molecule has 1 saturated heterocycles. The number of hydrogen-bond acceptors (Lipinski definition) is 3. The highest BCUT2D eigenvalue weighted by molar-refractivity contribution is 5.78. The first-order chi connectivity index (χ1) is 9.32. The molecule has 0 aliphatic carbocycles. The molecule has 1 aliphatic heterocycles. The molecule has 0 aromatic carbocycles. The Morgan fingerprint density at radius 2 is 2.10 bits per heavy atom. The van der Waals surface area contributed by atoms with E-state index in [0.717, 1.165) is 6.42 Å². The van der Waals surface area contributed by atoms with Crippen molar-refractivity contribution in [3.05, 3.63) is 0 Å². The predicted octanol–water partition coefficient (Wildman–Crippen LogP) is 1.39. The number of likely N-dealkylation sites (tertiary alicyclic amines) is 1. The Bertz CT molecular complexity index is 355. The van der Waals surface area contributed by atoms with Gasteiger partial charge in [-0.05, 0) is 26.2 Å². The zero-order valence-corrected chi connectivity index (χ0v) is 12.6. The summed E-state index contributed by atoms with van der Waals surface area (Å²) in [4.78, 5) is 26.9. The van der Waals surface area contributed by atoms with Gasteiger partial charge >= 0.3 is 12.0 Å². The van der Waals surface area contributed by atoms with E-state index in [1.165, 1.54) is 4.90 Å². The lowest BCUT2D eigenvalue weighted by Crippen LogP contribution is -2.53. The molecule has 1 aliphatic rings. The highest BCUT2D eigenvalue weighted by Crippen LogP contribution is 2.35. The first-order valence-corrected chi connectivity index (χ1v) is 7.24. The quantitative estimate of drug-likeness (QED) is 0.800. The number of piperidine rings is 1. The van der Waals surface area contributed by atoms with E-state index in [4.69, 9.17) is 0 Å². The topological polar surface area (TPSA) is 81.1 Å². The third-order valence-electron chi connectivity index (χ3n) is 3.89. The SMILES string of the molecule is CCCC1(C(=O)O)CCCN(C(=O)N(C)CC(C)O)C1. The summed E-state index contributed by atoms with van der Waals surface area (Å²) in [5.74, 6) is -0.810. The van der Waals surface area contributed by atoms with Crippen molar-refractivity contribution in [2.75, 3.05) is 26.7 Å². The Morgan fingerprint density at radius 1 is 1.45 bits per heavy atom. The number of aliphatic hydroxyl groups is 1. The minimum atomic E-state index is -0.811. The van der Waals surface area contributed by atoms with Crippen molar-refractivity contribution in [1.82, 2.24) is 9.80 Å². The van der Waals surface area contributed by atoms with Gasteiger partial charge in [0.2, 0.25) is 0 Å². The third kappa shape index (κ3) is 3.85. The minimum absolute atomic E-state index is 0.202. The van der Waals surface area contributed by atoms with Gasteiger partial charge in [0.1, 0.15) is 0 Å². The molecule has 2 atom stereocenters. The molecular formula is C14H26N2O4. The lowest BCUT2D eigenvalue weighted by Gasteiger charge is -2.41. The van der Waals surface area contributed by atoms with Gasteiger partial charge < -0.3 is 20.0 Å². The first-order valence-electron chi connectivity index (χ1n) is 7.24. The van der Waals surface area contributed by atoms with Gasteiger partial charge in [0, 0.05) is 26.7 Å². The predicted molar refractivity (Wildman–Crippen MR) is 75.5 cm³/mol. The molecule has 0 saturated carbocycles. The van der Waals surface area contributed by atoms with Crippen LogP contribution in [0.5, 0.6) is 0 Å². The monoisotopic (exact) mass is 286 g/mol. The number of nitrogens with zero attached hydrogens (tertiary/aromatic N) is 2. The Morgan fingerprint density at radius 3 is 2.60 bits per heavy atom. The maximum absolute atomic E-state index is 12.3. The summed E-state index contributed by atoms with van der Waals surface area (Å²) in [6, 6.07) is -0.202. The number of carbonyl (C=O) groups excluding carboxylic acids is 1. The Balaban J connectivity index is 2.77. The molecule has 0 spiro atoms. The zero-order valence-electron chi connectivity index (χ0n) is 12.6. The average molecular weight is 286 g/mol. The summed E-state index contributed by atoms with van der Waals surface area (Å²) in [7, 11) is 1.63. The van der Waals surface area contributed by atoms with Gasteiger partial charge in [-0.3, -0.25) is 4.79 Å². The van der Waals surface area contributed by atoms with Crippen molar-refractivity contribution >= 4 is 12.0 Å². The van der Waals surface area contributed by atoms with E-state index < -0.39 is 17.5 Å². The zero-order chi connectivity index (χ0) is 15.3. The summed E-state index contributed by atoms with van der Waals surface area (Å²) in [6.45, 7) is 4.69. The van der Waals surface area contributed by atoms with Crippen LogP contribution in [0.25, 0.3) is 0 Å². The molecule has 0 radical (unpaired) electrons. The third-order valence-corrected chi connectivity index (χ3v) is 3.89.